The molecule has 1 amide bonds. The fraction of sp³-hybridized carbons (Fsp3) is 0.550. The van der Waals surface area contributed by atoms with Gasteiger partial charge in [0, 0.05) is 12.3 Å². The molecule has 1 aliphatic heterocycles. The summed E-state index contributed by atoms with van der Waals surface area (Å²) in [6.45, 7) is 4.04. The number of nitrogens with one attached hydrogen (secondary N) is 1. The number of carboxylic acid groups (broad SMARTS) is 1. The number of hydrogen-bond acceptors (Lipinski definition) is 7. The number of aryl methyl sites for hydroxylation is 1. The Labute approximate surface area is 187 Å². The first-order valence-corrected chi connectivity index (χ1v) is 10.8. The number of ether oxygens (including phenoxy) is 2. The highest BCUT2D eigenvalue weighted by atomic mass is 35.5. The predicted molar refractivity (Wildman–Crippen MR) is 117 cm³/mol. The summed E-state index contributed by atoms with van der Waals surface area (Å²) in [5.41, 5.74) is 1.09. The van der Waals surface area contributed by atoms with Crippen LogP contribution in [0.15, 0.2) is 30.3 Å². The van der Waals surface area contributed by atoms with Crippen LogP contribution >= 0.6 is 24.2 Å². The molecule has 1 saturated heterocycles. The smallest absolute Gasteiger partial charge is 0.465 e. The zero-order valence-corrected chi connectivity index (χ0v) is 18.7. The molecule has 1 aromatic carbocycles. The molecular weight excluding hydrogens is 432 g/mol. The first-order chi connectivity index (χ1) is 13.9. The Morgan fingerprint density at radius 3 is 2.63 bits per heavy atom. The number of rotatable bonds is 9. The van der Waals surface area contributed by atoms with Gasteiger partial charge >= 0.3 is 12.1 Å². The van der Waals surface area contributed by atoms with Crippen molar-refractivity contribution in [1.82, 2.24) is 10.2 Å². The van der Waals surface area contributed by atoms with Crippen LogP contribution in [0.4, 0.5) is 4.79 Å². The lowest BCUT2D eigenvalue weighted by Gasteiger charge is -2.36. The van der Waals surface area contributed by atoms with E-state index in [-0.39, 0.29) is 24.9 Å². The van der Waals surface area contributed by atoms with Crippen LogP contribution in [0.2, 0.25) is 0 Å². The van der Waals surface area contributed by atoms with E-state index in [1.807, 2.05) is 30.3 Å². The van der Waals surface area contributed by atoms with E-state index in [2.05, 4.69) is 5.32 Å². The Morgan fingerprint density at radius 2 is 2.00 bits per heavy atom. The number of benzene rings is 1. The molecule has 0 saturated carbocycles. The summed E-state index contributed by atoms with van der Waals surface area (Å²) in [5, 5.41) is 12.0. The average molecular weight is 461 g/mol. The van der Waals surface area contributed by atoms with Crippen molar-refractivity contribution in [2.75, 3.05) is 24.7 Å². The fourth-order valence-corrected chi connectivity index (χ4v) is 4.08. The van der Waals surface area contributed by atoms with E-state index in [0.717, 1.165) is 5.56 Å². The largest absolute Gasteiger partial charge is 0.507 e. The molecule has 10 heteroatoms. The third-order valence-corrected chi connectivity index (χ3v) is 5.55. The summed E-state index contributed by atoms with van der Waals surface area (Å²) >= 11 is 1.53. The van der Waals surface area contributed by atoms with Gasteiger partial charge in [-0.05, 0) is 32.3 Å². The number of nitrogens with zero attached hydrogens (tertiary/aromatic N) is 1. The maximum Gasteiger partial charge on any atom is 0.507 e. The van der Waals surface area contributed by atoms with Gasteiger partial charge in [-0.25, -0.2) is 4.79 Å². The van der Waals surface area contributed by atoms with Crippen molar-refractivity contribution in [2.24, 2.45) is 0 Å². The van der Waals surface area contributed by atoms with Crippen LogP contribution in [0, 0.1) is 0 Å². The van der Waals surface area contributed by atoms with Crippen molar-refractivity contribution in [3.63, 3.8) is 0 Å². The van der Waals surface area contributed by atoms with E-state index in [9.17, 15) is 14.4 Å². The summed E-state index contributed by atoms with van der Waals surface area (Å²) in [7, 11) is 0. The minimum Gasteiger partial charge on any atom is -0.465 e. The van der Waals surface area contributed by atoms with Crippen LogP contribution in [0.1, 0.15) is 25.8 Å². The number of esters is 1. The van der Waals surface area contributed by atoms with E-state index >= 15 is 0 Å². The van der Waals surface area contributed by atoms with Crippen molar-refractivity contribution >= 4 is 42.2 Å². The molecule has 0 aliphatic carbocycles. The SMILES string of the molecule is CCOC(=O)C(CCc1ccccc1)N[C@@H](C)C(=O)N1CCSCC1OC(=O)O.Cl. The molecule has 0 aromatic heterocycles. The summed E-state index contributed by atoms with van der Waals surface area (Å²) in [6.07, 6.45) is -1.11. The molecule has 168 valence electrons. The third kappa shape index (κ3) is 8.04. The van der Waals surface area contributed by atoms with Gasteiger partial charge in [-0.2, -0.15) is 11.8 Å². The lowest BCUT2D eigenvalue weighted by Crippen LogP contribution is -2.56. The highest BCUT2D eigenvalue weighted by molar-refractivity contribution is 7.99. The molecule has 0 bridgehead atoms. The van der Waals surface area contributed by atoms with Crippen LogP contribution in [-0.2, 0) is 25.5 Å². The molecule has 0 spiro atoms. The number of amides is 1. The third-order valence-electron chi connectivity index (χ3n) is 4.56. The Kier molecular flexibility index (Phi) is 11.6. The van der Waals surface area contributed by atoms with Crippen LogP contribution in [0.5, 0.6) is 0 Å². The lowest BCUT2D eigenvalue weighted by atomic mass is 10.0. The van der Waals surface area contributed by atoms with Crippen molar-refractivity contribution in [3.8, 4) is 0 Å². The normalized spacial score (nSPS) is 17.9. The highest BCUT2D eigenvalue weighted by Gasteiger charge is 2.34. The number of hydrogen-bond donors (Lipinski definition) is 2. The van der Waals surface area contributed by atoms with Gasteiger partial charge in [0.05, 0.1) is 18.4 Å². The van der Waals surface area contributed by atoms with E-state index in [1.54, 1.807) is 13.8 Å². The van der Waals surface area contributed by atoms with Crippen molar-refractivity contribution in [1.29, 1.82) is 0 Å². The van der Waals surface area contributed by atoms with Crippen LogP contribution < -0.4 is 5.32 Å². The van der Waals surface area contributed by atoms with Gasteiger partial charge in [-0.3, -0.25) is 14.9 Å². The number of carbonyl (C=O) groups excluding carboxylic acids is 2. The van der Waals surface area contributed by atoms with Crippen molar-refractivity contribution in [2.45, 2.75) is 45.0 Å². The molecule has 0 radical (unpaired) electrons. The number of thioether (sulfide) groups is 1. The van der Waals surface area contributed by atoms with Crippen LogP contribution in [0.25, 0.3) is 0 Å². The molecule has 8 nitrogen and oxygen atoms in total. The first kappa shape index (κ1) is 26.1. The van der Waals surface area contributed by atoms with Gasteiger partial charge < -0.3 is 19.5 Å². The molecule has 1 aromatic rings. The zero-order valence-electron chi connectivity index (χ0n) is 17.1. The summed E-state index contributed by atoms with van der Waals surface area (Å²) in [5.74, 6) is 0.383. The van der Waals surface area contributed by atoms with Gasteiger partial charge in [0.25, 0.3) is 0 Å². The van der Waals surface area contributed by atoms with Crippen LogP contribution in [0.3, 0.4) is 0 Å². The second kappa shape index (κ2) is 13.4. The van der Waals surface area contributed by atoms with Crippen molar-refractivity contribution < 1.29 is 29.0 Å². The monoisotopic (exact) mass is 460 g/mol. The fourth-order valence-electron chi connectivity index (χ4n) is 3.14. The first-order valence-electron chi connectivity index (χ1n) is 9.66. The van der Waals surface area contributed by atoms with E-state index in [1.165, 1.54) is 16.7 Å². The molecule has 1 aliphatic rings. The van der Waals surface area contributed by atoms with Gasteiger partial charge in [0.1, 0.15) is 6.04 Å². The maximum atomic E-state index is 12.9. The molecule has 2 unspecified atom stereocenters. The Hall–Kier alpha value is -1.97. The second-order valence-corrected chi connectivity index (χ2v) is 7.81. The molecule has 2 rings (SSSR count). The Morgan fingerprint density at radius 1 is 1.30 bits per heavy atom. The molecule has 1 fully saturated rings. The van der Waals surface area contributed by atoms with Crippen molar-refractivity contribution in [3.05, 3.63) is 35.9 Å². The molecule has 2 N–H and O–H groups in total. The minimum absolute atomic E-state index is 0. The van der Waals surface area contributed by atoms with Gasteiger partial charge in [0.15, 0.2) is 6.23 Å². The van der Waals surface area contributed by atoms with E-state index in [0.29, 0.717) is 30.9 Å². The average Bonchev–Trinajstić information content (AvgIpc) is 2.71. The molecule has 3 atom stereocenters. The standard InChI is InChI=1S/C20H28N2O6S.ClH/c1-3-27-19(24)16(10-9-15-7-5-4-6-8-15)21-14(2)18(23)22-11-12-29-13-17(22)28-20(25)26;/h4-8,14,16-17,21H,3,9-13H2,1-2H3,(H,25,26);1H/t14-,16?,17?;/m0./s1. The van der Waals surface area contributed by atoms with Gasteiger partial charge in [-0.1, -0.05) is 30.3 Å². The summed E-state index contributed by atoms with van der Waals surface area (Å²) < 4.78 is 10.0. The van der Waals surface area contributed by atoms with Crippen LogP contribution in [-0.4, -0.2) is 71.0 Å². The Bertz CT molecular complexity index is 693. The lowest BCUT2D eigenvalue weighted by molar-refractivity contribution is -0.147. The minimum atomic E-state index is -1.41. The zero-order chi connectivity index (χ0) is 21.2. The summed E-state index contributed by atoms with van der Waals surface area (Å²) in [4.78, 5) is 37.6. The maximum absolute atomic E-state index is 12.9. The second-order valence-electron chi connectivity index (χ2n) is 6.66. The van der Waals surface area contributed by atoms with E-state index in [4.69, 9.17) is 14.6 Å². The Balaban J connectivity index is 0.00000450. The van der Waals surface area contributed by atoms with E-state index < -0.39 is 30.4 Å². The molecule has 1 heterocycles. The number of carbonyl (C=O) groups is 3. The summed E-state index contributed by atoms with van der Waals surface area (Å²) in [6, 6.07) is 8.43. The highest BCUT2D eigenvalue weighted by Crippen LogP contribution is 2.19. The number of halogens is 1. The topological polar surface area (TPSA) is 105 Å². The quantitative estimate of drug-likeness (QED) is 0.541. The van der Waals surface area contributed by atoms with Gasteiger partial charge in [-0.15, -0.1) is 12.4 Å². The molecular formula is C20H29ClN2O6S. The van der Waals surface area contributed by atoms with Gasteiger partial charge in [0.2, 0.25) is 5.91 Å². The molecule has 30 heavy (non-hydrogen) atoms. The predicted octanol–water partition coefficient (Wildman–Crippen LogP) is 2.55.